The number of nitrogens with zero attached hydrogens (tertiary/aromatic N) is 2. The number of methoxy groups -OCH3 is 1. The number of ether oxygens (including phenoxy) is 1. The topological polar surface area (TPSA) is 66.9 Å². The van der Waals surface area contributed by atoms with Crippen molar-refractivity contribution in [2.45, 2.75) is 44.7 Å². The maximum absolute atomic E-state index is 12.7. The monoisotopic (exact) mass is 332 g/mol. The molecule has 2 saturated heterocycles. The van der Waals surface area contributed by atoms with Crippen LogP contribution in [-0.2, 0) is 19.4 Å². The molecule has 2 aliphatic heterocycles. The summed E-state index contributed by atoms with van der Waals surface area (Å²) in [4.78, 5) is 16.6. The first-order valence-corrected chi connectivity index (χ1v) is 9.98. The molecule has 0 saturated carbocycles. The van der Waals surface area contributed by atoms with Gasteiger partial charge in [0.25, 0.3) is 0 Å². The van der Waals surface area contributed by atoms with Crippen molar-refractivity contribution in [3.63, 3.8) is 0 Å². The lowest BCUT2D eigenvalue weighted by Gasteiger charge is -2.36. The fourth-order valence-corrected chi connectivity index (χ4v) is 5.11. The molecule has 0 radical (unpaired) electrons. The van der Waals surface area contributed by atoms with E-state index in [1.165, 1.54) is 6.42 Å². The van der Waals surface area contributed by atoms with Crippen molar-refractivity contribution in [2.24, 2.45) is 0 Å². The molecule has 2 unspecified atom stereocenters. The number of piperidine rings is 1. The Hall–Kier alpha value is -0.660. The summed E-state index contributed by atoms with van der Waals surface area (Å²) in [5.74, 6) is 0.319. The van der Waals surface area contributed by atoms with Crippen LogP contribution >= 0.6 is 0 Å². The van der Waals surface area contributed by atoms with Gasteiger partial charge in [-0.3, -0.25) is 9.69 Å². The molecule has 2 rings (SSSR count). The van der Waals surface area contributed by atoms with Gasteiger partial charge in [0, 0.05) is 25.7 Å². The van der Waals surface area contributed by atoms with Gasteiger partial charge in [-0.05, 0) is 32.7 Å². The lowest BCUT2D eigenvalue weighted by molar-refractivity contribution is -0.135. The summed E-state index contributed by atoms with van der Waals surface area (Å²) in [5.41, 5.74) is 0. The summed E-state index contributed by atoms with van der Waals surface area (Å²) < 4.78 is 28.5. The molecule has 22 heavy (non-hydrogen) atoms. The minimum Gasteiger partial charge on any atom is -0.383 e. The van der Waals surface area contributed by atoms with E-state index in [1.54, 1.807) is 12.0 Å². The highest BCUT2D eigenvalue weighted by Crippen LogP contribution is 2.20. The van der Waals surface area contributed by atoms with E-state index in [9.17, 15) is 13.2 Å². The van der Waals surface area contributed by atoms with Crippen LogP contribution in [0.1, 0.15) is 32.6 Å². The number of carbonyl (C=O) groups excluding carboxylic acids is 1. The Morgan fingerprint density at radius 3 is 2.68 bits per heavy atom. The Kier molecular flexibility index (Phi) is 6.23. The first kappa shape index (κ1) is 17.7. The van der Waals surface area contributed by atoms with Crippen LogP contribution in [0.15, 0.2) is 0 Å². The SMILES string of the molecule is COCCN(C(=O)CN1CCCCC1C)C1CCS(=O)(=O)C1. The minimum absolute atomic E-state index is 0.0351. The van der Waals surface area contributed by atoms with Crippen molar-refractivity contribution < 1.29 is 17.9 Å². The Bertz CT molecular complexity index is 480. The van der Waals surface area contributed by atoms with E-state index < -0.39 is 9.84 Å². The minimum atomic E-state index is -2.99. The van der Waals surface area contributed by atoms with Crippen LogP contribution in [0.25, 0.3) is 0 Å². The fraction of sp³-hybridized carbons (Fsp3) is 0.933. The first-order valence-electron chi connectivity index (χ1n) is 8.16. The van der Waals surface area contributed by atoms with E-state index in [2.05, 4.69) is 11.8 Å². The average molecular weight is 332 g/mol. The number of likely N-dealkylation sites (tertiary alicyclic amines) is 1. The normalized spacial score (nSPS) is 28.6. The largest absolute Gasteiger partial charge is 0.383 e. The van der Waals surface area contributed by atoms with Crippen LogP contribution in [0, 0.1) is 0 Å². The second-order valence-corrected chi connectivity index (χ2v) is 8.68. The summed E-state index contributed by atoms with van der Waals surface area (Å²) in [6, 6.07) is 0.238. The van der Waals surface area contributed by atoms with Gasteiger partial charge < -0.3 is 9.64 Å². The van der Waals surface area contributed by atoms with Gasteiger partial charge in [-0.25, -0.2) is 8.42 Å². The molecule has 0 aromatic carbocycles. The van der Waals surface area contributed by atoms with E-state index >= 15 is 0 Å². The molecule has 0 aromatic rings. The van der Waals surface area contributed by atoms with Crippen molar-refractivity contribution >= 4 is 15.7 Å². The Morgan fingerprint density at radius 1 is 1.32 bits per heavy atom. The van der Waals surface area contributed by atoms with Gasteiger partial charge in [0.15, 0.2) is 9.84 Å². The second-order valence-electron chi connectivity index (χ2n) is 6.45. The predicted octanol–water partition coefficient (Wildman–Crippen LogP) is 0.523. The Balaban J connectivity index is 1.99. The van der Waals surface area contributed by atoms with Gasteiger partial charge in [-0.15, -0.1) is 0 Å². The molecule has 0 aliphatic carbocycles. The highest BCUT2D eigenvalue weighted by atomic mass is 32.2. The van der Waals surface area contributed by atoms with Gasteiger partial charge in [-0.2, -0.15) is 0 Å². The van der Waals surface area contributed by atoms with Crippen molar-refractivity contribution in [1.29, 1.82) is 0 Å². The van der Waals surface area contributed by atoms with E-state index in [0.717, 1.165) is 19.4 Å². The zero-order valence-electron chi connectivity index (χ0n) is 13.7. The van der Waals surface area contributed by atoms with E-state index in [1.807, 2.05) is 0 Å². The zero-order valence-corrected chi connectivity index (χ0v) is 14.5. The molecule has 6 nitrogen and oxygen atoms in total. The van der Waals surface area contributed by atoms with Gasteiger partial charge in [0.1, 0.15) is 0 Å². The third-order valence-electron chi connectivity index (χ3n) is 4.78. The third-order valence-corrected chi connectivity index (χ3v) is 6.54. The smallest absolute Gasteiger partial charge is 0.237 e. The molecule has 0 aromatic heterocycles. The predicted molar refractivity (Wildman–Crippen MR) is 85.5 cm³/mol. The van der Waals surface area contributed by atoms with Crippen molar-refractivity contribution in [1.82, 2.24) is 9.80 Å². The maximum Gasteiger partial charge on any atom is 0.237 e. The molecule has 7 heteroatoms. The lowest BCUT2D eigenvalue weighted by atomic mass is 10.0. The molecule has 2 heterocycles. The number of amides is 1. The molecule has 1 amide bonds. The van der Waals surface area contributed by atoms with Crippen molar-refractivity contribution in [3.05, 3.63) is 0 Å². The molecule has 2 atom stereocenters. The molecule has 0 N–H and O–H groups in total. The molecule has 2 fully saturated rings. The van der Waals surface area contributed by atoms with E-state index in [-0.39, 0.29) is 23.5 Å². The van der Waals surface area contributed by atoms with Crippen LogP contribution in [0.2, 0.25) is 0 Å². The summed E-state index contributed by atoms with van der Waals surface area (Å²) in [6.07, 6.45) is 4.03. The summed E-state index contributed by atoms with van der Waals surface area (Å²) in [7, 11) is -1.39. The highest BCUT2D eigenvalue weighted by molar-refractivity contribution is 7.91. The van der Waals surface area contributed by atoms with E-state index in [4.69, 9.17) is 4.74 Å². The molecule has 0 spiro atoms. The van der Waals surface area contributed by atoms with Gasteiger partial charge in [0.05, 0.1) is 24.7 Å². The number of rotatable bonds is 6. The fourth-order valence-electron chi connectivity index (χ4n) is 3.38. The quantitative estimate of drug-likeness (QED) is 0.709. The van der Waals surface area contributed by atoms with Crippen LogP contribution in [-0.4, -0.2) is 81.1 Å². The zero-order chi connectivity index (χ0) is 16.2. The van der Waals surface area contributed by atoms with Gasteiger partial charge >= 0.3 is 0 Å². The number of hydrogen-bond acceptors (Lipinski definition) is 5. The van der Waals surface area contributed by atoms with E-state index in [0.29, 0.717) is 32.2 Å². The Labute approximate surface area is 133 Å². The number of sulfone groups is 1. The number of carbonyl (C=O) groups is 1. The van der Waals surface area contributed by atoms with Crippen LogP contribution in [0.3, 0.4) is 0 Å². The van der Waals surface area contributed by atoms with Gasteiger partial charge in [0.2, 0.25) is 5.91 Å². The van der Waals surface area contributed by atoms with Crippen LogP contribution in [0.5, 0.6) is 0 Å². The molecule has 2 aliphatic rings. The van der Waals surface area contributed by atoms with Crippen LogP contribution < -0.4 is 0 Å². The molecular weight excluding hydrogens is 304 g/mol. The van der Waals surface area contributed by atoms with Crippen molar-refractivity contribution in [2.75, 3.05) is 44.9 Å². The molecular formula is C15H28N2O4S. The third kappa shape index (κ3) is 4.67. The Morgan fingerprint density at radius 2 is 2.09 bits per heavy atom. The average Bonchev–Trinajstić information content (AvgIpc) is 2.82. The highest BCUT2D eigenvalue weighted by Gasteiger charge is 2.35. The van der Waals surface area contributed by atoms with Crippen molar-refractivity contribution in [3.8, 4) is 0 Å². The second kappa shape index (κ2) is 7.75. The standard InChI is InChI=1S/C15H28N2O4S/c1-13-5-3-4-7-16(13)11-15(18)17(8-9-21-2)14-6-10-22(19,20)12-14/h13-14H,3-12H2,1-2H3. The lowest BCUT2D eigenvalue weighted by Crippen LogP contribution is -2.50. The summed E-state index contributed by atoms with van der Waals surface area (Å²) >= 11 is 0. The molecule has 0 bridgehead atoms. The summed E-state index contributed by atoms with van der Waals surface area (Å²) in [6.45, 7) is 4.41. The van der Waals surface area contributed by atoms with Gasteiger partial charge in [-0.1, -0.05) is 6.42 Å². The van der Waals surface area contributed by atoms with Crippen LogP contribution in [0.4, 0.5) is 0 Å². The number of hydrogen-bond donors (Lipinski definition) is 0. The first-order chi connectivity index (χ1) is 10.4. The molecule has 128 valence electrons. The maximum atomic E-state index is 12.7. The summed E-state index contributed by atoms with van der Waals surface area (Å²) in [5, 5.41) is 0.